The molecule has 2 aromatic rings. The summed E-state index contributed by atoms with van der Waals surface area (Å²) in [6.45, 7) is 2.85. The van der Waals surface area contributed by atoms with Crippen LogP contribution in [0.2, 0.25) is 5.15 Å². The Morgan fingerprint density at radius 1 is 1.40 bits per heavy atom. The highest BCUT2D eigenvalue weighted by Crippen LogP contribution is 2.16. The molecule has 0 radical (unpaired) electrons. The predicted octanol–water partition coefficient (Wildman–Crippen LogP) is 3.11. The third-order valence-electron chi connectivity index (χ3n) is 1.84. The highest BCUT2D eigenvalue weighted by molar-refractivity contribution is 7.11. The van der Waals surface area contributed by atoms with E-state index < -0.39 is 0 Å². The Morgan fingerprint density at radius 2 is 2.27 bits per heavy atom. The van der Waals surface area contributed by atoms with Gasteiger partial charge in [0.2, 0.25) is 0 Å². The van der Waals surface area contributed by atoms with Crippen LogP contribution >= 0.6 is 22.9 Å². The topological polar surface area (TPSA) is 37.8 Å². The number of anilines is 1. The maximum Gasteiger partial charge on any atom is 0.149 e. The summed E-state index contributed by atoms with van der Waals surface area (Å²) in [5.41, 5.74) is 0. The van der Waals surface area contributed by atoms with Gasteiger partial charge in [-0.15, -0.1) is 11.3 Å². The lowest BCUT2D eigenvalue weighted by molar-refractivity contribution is 1.11. The van der Waals surface area contributed by atoms with Crippen LogP contribution in [0.3, 0.4) is 0 Å². The molecule has 0 unspecified atom stereocenters. The highest BCUT2D eigenvalue weighted by Gasteiger charge is 1.98. The van der Waals surface area contributed by atoms with Crippen molar-refractivity contribution in [2.24, 2.45) is 0 Å². The summed E-state index contributed by atoms with van der Waals surface area (Å²) < 4.78 is 0. The third kappa shape index (κ3) is 2.91. The normalized spacial score (nSPS) is 10.3. The monoisotopic (exact) mass is 239 g/mol. The molecule has 0 saturated carbocycles. The first-order chi connectivity index (χ1) is 7.24. The number of nitrogens with one attached hydrogen (secondary N) is 1. The molecule has 0 aliphatic rings. The first-order valence-corrected chi connectivity index (χ1v) is 5.70. The van der Waals surface area contributed by atoms with E-state index in [1.165, 1.54) is 16.0 Å². The molecule has 1 N–H and O–H groups in total. The van der Waals surface area contributed by atoms with Crippen LogP contribution in [0.4, 0.5) is 5.82 Å². The number of aromatic nitrogens is 2. The fourth-order valence-corrected chi connectivity index (χ4v) is 2.16. The van der Waals surface area contributed by atoms with E-state index in [2.05, 4.69) is 34.3 Å². The summed E-state index contributed by atoms with van der Waals surface area (Å²) in [5.74, 6) is 0.702. The predicted molar refractivity (Wildman–Crippen MR) is 63.4 cm³/mol. The largest absolute Gasteiger partial charge is 0.364 e. The first kappa shape index (κ1) is 10.4. The lowest BCUT2D eigenvalue weighted by Crippen LogP contribution is -2.00. The summed E-state index contributed by atoms with van der Waals surface area (Å²) in [6.07, 6.45) is 3.17. The summed E-state index contributed by atoms with van der Waals surface area (Å²) in [4.78, 5) is 10.6. The molecule has 0 aromatic carbocycles. The quantitative estimate of drug-likeness (QED) is 0.895. The van der Waals surface area contributed by atoms with Crippen molar-refractivity contribution >= 4 is 28.8 Å². The third-order valence-corrected chi connectivity index (χ3v) is 3.03. The van der Waals surface area contributed by atoms with E-state index in [1.54, 1.807) is 17.5 Å². The Morgan fingerprint density at radius 3 is 2.93 bits per heavy atom. The molecule has 2 heterocycles. The van der Waals surface area contributed by atoms with Gasteiger partial charge in [0.15, 0.2) is 0 Å². The van der Waals surface area contributed by atoms with Gasteiger partial charge in [0, 0.05) is 9.75 Å². The number of nitrogens with zero attached hydrogens (tertiary/aromatic N) is 2. The van der Waals surface area contributed by atoms with Crippen molar-refractivity contribution in [1.82, 2.24) is 9.97 Å². The van der Waals surface area contributed by atoms with Crippen molar-refractivity contribution in [1.29, 1.82) is 0 Å². The molecule has 78 valence electrons. The standard InChI is InChI=1S/C10H10ClN3S/c1-7-2-3-8(15-7)4-13-10-6-12-5-9(11)14-10/h2-3,5-6H,4H2,1H3,(H,13,14). The van der Waals surface area contributed by atoms with Gasteiger partial charge in [-0.05, 0) is 19.1 Å². The molecule has 2 aromatic heterocycles. The van der Waals surface area contributed by atoms with Crippen molar-refractivity contribution in [2.45, 2.75) is 13.5 Å². The van der Waals surface area contributed by atoms with Gasteiger partial charge in [-0.1, -0.05) is 11.6 Å². The van der Waals surface area contributed by atoms with Crippen molar-refractivity contribution in [3.8, 4) is 0 Å². The van der Waals surface area contributed by atoms with Gasteiger partial charge in [-0.3, -0.25) is 4.98 Å². The van der Waals surface area contributed by atoms with Gasteiger partial charge in [0.25, 0.3) is 0 Å². The number of rotatable bonds is 3. The maximum atomic E-state index is 5.72. The van der Waals surface area contributed by atoms with E-state index in [9.17, 15) is 0 Å². The smallest absolute Gasteiger partial charge is 0.149 e. The summed E-state index contributed by atoms with van der Waals surface area (Å²) in [6, 6.07) is 4.20. The molecule has 2 rings (SSSR count). The minimum atomic E-state index is 0.405. The Labute approximate surface area is 97.2 Å². The van der Waals surface area contributed by atoms with Gasteiger partial charge in [0.1, 0.15) is 11.0 Å². The molecule has 0 saturated heterocycles. The van der Waals surface area contributed by atoms with Crippen LogP contribution < -0.4 is 5.32 Å². The van der Waals surface area contributed by atoms with Crippen LogP contribution in [0, 0.1) is 6.92 Å². The minimum absolute atomic E-state index is 0.405. The molecule has 3 nitrogen and oxygen atoms in total. The van der Waals surface area contributed by atoms with Crippen LogP contribution in [-0.2, 0) is 6.54 Å². The van der Waals surface area contributed by atoms with Gasteiger partial charge in [-0.25, -0.2) is 4.98 Å². The van der Waals surface area contributed by atoms with Crippen LogP contribution in [0.1, 0.15) is 9.75 Å². The van der Waals surface area contributed by atoms with E-state index >= 15 is 0 Å². The minimum Gasteiger partial charge on any atom is -0.364 e. The second-order valence-electron chi connectivity index (χ2n) is 3.09. The van der Waals surface area contributed by atoms with Crippen molar-refractivity contribution < 1.29 is 0 Å². The molecule has 0 aliphatic carbocycles. The van der Waals surface area contributed by atoms with Gasteiger partial charge in [0.05, 0.1) is 18.9 Å². The summed E-state index contributed by atoms with van der Waals surface area (Å²) >= 11 is 7.49. The number of hydrogen-bond donors (Lipinski definition) is 1. The SMILES string of the molecule is Cc1ccc(CNc2cncc(Cl)n2)s1. The number of thiophene rings is 1. The molecule has 0 bridgehead atoms. The van der Waals surface area contributed by atoms with Gasteiger partial charge in [-0.2, -0.15) is 0 Å². The van der Waals surface area contributed by atoms with Gasteiger partial charge < -0.3 is 5.32 Å². The van der Waals surface area contributed by atoms with E-state index in [1.807, 2.05) is 0 Å². The molecular formula is C10H10ClN3S. The van der Waals surface area contributed by atoms with Crippen molar-refractivity contribution in [3.63, 3.8) is 0 Å². The molecule has 0 aliphatic heterocycles. The van der Waals surface area contributed by atoms with Crippen molar-refractivity contribution in [2.75, 3.05) is 5.32 Å². The molecule has 0 spiro atoms. The van der Waals surface area contributed by atoms with E-state index in [0.717, 1.165) is 6.54 Å². The zero-order valence-corrected chi connectivity index (χ0v) is 9.77. The second kappa shape index (κ2) is 4.59. The van der Waals surface area contributed by atoms with E-state index in [0.29, 0.717) is 11.0 Å². The maximum absolute atomic E-state index is 5.72. The van der Waals surface area contributed by atoms with E-state index in [4.69, 9.17) is 11.6 Å². The Hall–Kier alpha value is -1.13. The molecule has 0 atom stereocenters. The summed E-state index contributed by atoms with van der Waals surface area (Å²) in [7, 11) is 0. The molecule has 0 fully saturated rings. The average Bonchev–Trinajstić information content (AvgIpc) is 2.62. The zero-order valence-electron chi connectivity index (χ0n) is 8.20. The number of hydrogen-bond acceptors (Lipinski definition) is 4. The molecule has 0 amide bonds. The number of aryl methyl sites for hydroxylation is 1. The Kier molecular flexibility index (Phi) is 3.18. The van der Waals surface area contributed by atoms with E-state index in [-0.39, 0.29) is 0 Å². The van der Waals surface area contributed by atoms with Gasteiger partial charge >= 0.3 is 0 Å². The molecule has 5 heteroatoms. The van der Waals surface area contributed by atoms with Crippen molar-refractivity contribution in [3.05, 3.63) is 39.4 Å². The van der Waals surface area contributed by atoms with Crippen LogP contribution in [-0.4, -0.2) is 9.97 Å². The Balaban J connectivity index is 1.99. The highest BCUT2D eigenvalue weighted by atomic mass is 35.5. The zero-order chi connectivity index (χ0) is 10.7. The van der Waals surface area contributed by atoms with Crippen LogP contribution in [0.25, 0.3) is 0 Å². The molecular weight excluding hydrogens is 230 g/mol. The first-order valence-electron chi connectivity index (χ1n) is 4.51. The molecule has 15 heavy (non-hydrogen) atoms. The average molecular weight is 240 g/mol. The Bertz CT molecular complexity index is 455. The number of halogens is 1. The fraction of sp³-hybridized carbons (Fsp3) is 0.200. The summed E-state index contributed by atoms with van der Waals surface area (Å²) in [5, 5.41) is 3.57. The van der Waals surface area contributed by atoms with Crippen LogP contribution in [0.5, 0.6) is 0 Å². The van der Waals surface area contributed by atoms with Crippen LogP contribution in [0.15, 0.2) is 24.5 Å². The lowest BCUT2D eigenvalue weighted by Gasteiger charge is -2.02. The second-order valence-corrected chi connectivity index (χ2v) is 4.85. The fourth-order valence-electron chi connectivity index (χ4n) is 1.19. The lowest BCUT2D eigenvalue weighted by atomic mass is 10.4.